The van der Waals surface area contributed by atoms with Crippen LogP contribution in [0.3, 0.4) is 0 Å². The van der Waals surface area contributed by atoms with Gasteiger partial charge in [0, 0.05) is 30.6 Å². The van der Waals surface area contributed by atoms with Gasteiger partial charge in [0.2, 0.25) is 5.91 Å². The Kier molecular flexibility index (Phi) is 7.33. The van der Waals surface area contributed by atoms with E-state index in [2.05, 4.69) is 16.0 Å². The Hall–Kier alpha value is -3.39. The number of rotatable bonds is 9. The summed E-state index contributed by atoms with van der Waals surface area (Å²) in [7, 11) is 1.55. The molecule has 0 fully saturated rings. The second-order valence-electron chi connectivity index (χ2n) is 5.64. The zero-order valence-electron chi connectivity index (χ0n) is 15.0. The molecule has 0 atom stereocenters. The Morgan fingerprint density at radius 3 is 2.59 bits per heavy atom. The van der Waals surface area contributed by atoms with Crippen molar-refractivity contribution in [2.45, 2.75) is 0 Å². The fourth-order valence-electron chi connectivity index (χ4n) is 2.34. The van der Waals surface area contributed by atoms with Crippen molar-refractivity contribution < 1.29 is 19.1 Å². The van der Waals surface area contributed by atoms with E-state index >= 15 is 0 Å². The Morgan fingerprint density at radius 1 is 1.07 bits per heavy atom. The van der Waals surface area contributed by atoms with Crippen molar-refractivity contribution >= 4 is 29.1 Å². The van der Waals surface area contributed by atoms with Gasteiger partial charge in [0.15, 0.2) is 0 Å². The molecule has 0 unspecified atom stereocenters. The lowest BCUT2D eigenvalue weighted by atomic mass is 10.1. The van der Waals surface area contributed by atoms with Crippen LogP contribution in [0.25, 0.3) is 0 Å². The van der Waals surface area contributed by atoms with Gasteiger partial charge in [0.1, 0.15) is 0 Å². The lowest BCUT2D eigenvalue weighted by Gasteiger charge is -2.11. The molecule has 8 nitrogen and oxygen atoms in total. The average Bonchev–Trinajstić information content (AvgIpc) is 2.67. The summed E-state index contributed by atoms with van der Waals surface area (Å²) in [5.41, 5.74) is 7.01. The normalized spacial score (nSPS) is 10.1. The van der Waals surface area contributed by atoms with E-state index in [1.807, 2.05) is 0 Å². The van der Waals surface area contributed by atoms with Crippen molar-refractivity contribution in [3.63, 3.8) is 0 Å². The van der Waals surface area contributed by atoms with Gasteiger partial charge in [0.25, 0.3) is 11.8 Å². The molecule has 27 heavy (non-hydrogen) atoms. The smallest absolute Gasteiger partial charge is 0.251 e. The van der Waals surface area contributed by atoms with Crippen molar-refractivity contribution in [3.8, 4) is 0 Å². The highest BCUT2D eigenvalue weighted by Gasteiger charge is 2.10. The van der Waals surface area contributed by atoms with Crippen molar-refractivity contribution in [1.29, 1.82) is 0 Å². The topological polar surface area (TPSA) is 123 Å². The van der Waals surface area contributed by atoms with E-state index in [4.69, 9.17) is 10.5 Å². The van der Waals surface area contributed by atoms with Gasteiger partial charge in [-0.25, -0.2) is 0 Å². The van der Waals surface area contributed by atoms with Crippen molar-refractivity contribution in [2.24, 2.45) is 5.73 Å². The first-order chi connectivity index (χ1) is 13.0. The molecule has 0 radical (unpaired) electrons. The number of hydrogen-bond acceptors (Lipinski definition) is 5. The number of primary amides is 1. The van der Waals surface area contributed by atoms with E-state index in [9.17, 15) is 14.4 Å². The highest BCUT2D eigenvalue weighted by atomic mass is 16.5. The summed E-state index contributed by atoms with van der Waals surface area (Å²) in [5, 5.41) is 8.29. The third kappa shape index (κ3) is 6.12. The molecule has 3 amide bonds. The number of nitrogens with one attached hydrogen (secondary N) is 3. The molecule has 2 rings (SSSR count). The van der Waals surface area contributed by atoms with Crippen LogP contribution < -0.4 is 21.7 Å². The number of anilines is 2. The molecule has 0 heterocycles. The maximum Gasteiger partial charge on any atom is 0.251 e. The number of benzene rings is 2. The summed E-state index contributed by atoms with van der Waals surface area (Å²) in [6.07, 6.45) is 0. The number of methoxy groups -OCH3 is 1. The monoisotopic (exact) mass is 370 g/mol. The maximum absolute atomic E-state index is 12.2. The first-order valence-electron chi connectivity index (χ1n) is 8.31. The lowest BCUT2D eigenvalue weighted by Crippen LogP contribution is -2.27. The number of carbonyl (C=O) groups is 3. The predicted molar refractivity (Wildman–Crippen MR) is 103 cm³/mol. The number of nitrogens with two attached hydrogens (primary N) is 1. The zero-order chi connectivity index (χ0) is 19.6. The summed E-state index contributed by atoms with van der Waals surface area (Å²) in [4.78, 5) is 35.6. The van der Waals surface area contributed by atoms with Crippen LogP contribution in [0, 0.1) is 0 Å². The SMILES string of the molecule is COCCNC(=O)c1cccc(NC(=O)CNc2ccccc2C(N)=O)c1. The van der Waals surface area contributed by atoms with Crippen LogP contribution in [-0.2, 0) is 9.53 Å². The molecule has 5 N–H and O–H groups in total. The van der Waals surface area contributed by atoms with Crippen LogP contribution in [0.1, 0.15) is 20.7 Å². The van der Waals surface area contributed by atoms with Crippen LogP contribution in [0.4, 0.5) is 11.4 Å². The second kappa shape index (κ2) is 9.93. The van der Waals surface area contributed by atoms with Crippen LogP contribution in [-0.4, -0.2) is 44.5 Å². The molecule has 0 aliphatic heterocycles. The standard InChI is InChI=1S/C19H22N4O4/c1-27-10-9-21-19(26)13-5-4-6-14(11-13)23-17(24)12-22-16-8-3-2-7-15(16)18(20)25/h2-8,11,22H,9-10,12H2,1H3,(H2,20,25)(H,21,26)(H,23,24). The van der Waals surface area contributed by atoms with Gasteiger partial charge in [-0.2, -0.15) is 0 Å². The minimum atomic E-state index is -0.578. The Balaban J connectivity index is 1.93. The zero-order valence-corrected chi connectivity index (χ0v) is 15.0. The van der Waals surface area contributed by atoms with Gasteiger partial charge >= 0.3 is 0 Å². The fraction of sp³-hybridized carbons (Fsp3) is 0.211. The second-order valence-corrected chi connectivity index (χ2v) is 5.64. The van der Waals surface area contributed by atoms with E-state index in [1.165, 1.54) is 0 Å². The van der Waals surface area contributed by atoms with E-state index in [0.29, 0.717) is 35.7 Å². The summed E-state index contributed by atoms with van der Waals surface area (Å²) in [5.74, 6) is -1.16. The van der Waals surface area contributed by atoms with Gasteiger partial charge in [-0.1, -0.05) is 18.2 Å². The molecule has 0 spiro atoms. The Bertz CT molecular complexity index is 823. The Labute approximate surface area is 157 Å². The molecule has 0 bridgehead atoms. The molecular weight excluding hydrogens is 348 g/mol. The molecule has 0 aromatic heterocycles. The summed E-state index contributed by atoms with van der Waals surface area (Å²) in [6, 6.07) is 13.3. The first-order valence-corrected chi connectivity index (χ1v) is 8.31. The van der Waals surface area contributed by atoms with Crippen LogP contribution >= 0.6 is 0 Å². The largest absolute Gasteiger partial charge is 0.383 e. The Morgan fingerprint density at radius 2 is 1.85 bits per heavy atom. The number of hydrogen-bond donors (Lipinski definition) is 4. The number of carbonyl (C=O) groups excluding carboxylic acids is 3. The first kappa shape index (κ1) is 19.9. The average molecular weight is 370 g/mol. The molecule has 2 aromatic rings. The third-order valence-corrected chi connectivity index (χ3v) is 3.63. The van der Waals surface area contributed by atoms with E-state index in [-0.39, 0.29) is 18.4 Å². The van der Waals surface area contributed by atoms with Crippen LogP contribution in [0.5, 0.6) is 0 Å². The predicted octanol–water partition coefficient (Wildman–Crippen LogP) is 1.21. The van der Waals surface area contributed by atoms with E-state index in [0.717, 1.165) is 0 Å². The number of ether oxygens (including phenoxy) is 1. The van der Waals surface area contributed by atoms with Gasteiger partial charge in [-0.05, 0) is 30.3 Å². The van der Waals surface area contributed by atoms with Gasteiger partial charge in [-0.3, -0.25) is 14.4 Å². The maximum atomic E-state index is 12.2. The summed E-state index contributed by atoms with van der Waals surface area (Å²) in [6.45, 7) is 0.754. The lowest BCUT2D eigenvalue weighted by molar-refractivity contribution is -0.114. The molecule has 0 aliphatic rings. The van der Waals surface area contributed by atoms with Gasteiger partial charge in [-0.15, -0.1) is 0 Å². The van der Waals surface area contributed by atoms with Crippen molar-refractivity contribution in [1.82, 2.24) is 5.32 Å². The fourth-order valence-corrected chi connectivity index (χ4v) is 2.34. The number of amides is 3. The molecule has 0 aliphatic carbocycles. The van der Waals surface area contributed by atoms with Gasteiger partial charge in [0.05, 0.1) is 18.7 Å². The van der Waals surface area contributed by atoms with E-state index < -0.39 is 5.91 Å². The highest BCUT2D eigenvalue weighted by Crippen LogP contribution is 2.14. The van der Waals surface area contributed by atoms with Crippen LogP contribution in [0.15, 0.2) is 48.5 Å². The quantitative estimate of drug-likeness (QED) is 0.494. The van der Waals surface area contributed by atoms with Crippen LogP contribution in [0.2, 0.25) is 0 Å². The minimum absolute atomic E-state index is 0.0610. The highest BCUT2D eigenvalue weighted by molar-refractivity contribution is 6.00. The molecule has 0 saturated carbocycles. The number of para-hydroxylation sites is 1. The van der Waals surface area contributed by atoms with Gasteiger partial charge < -0.3 is 26.4 Å². The molecule has 8 heteroatoms. The molecular formula is C19H22N4O4. The van der Waals surface area contributed by atoms with Crippen molar-refractivity contribution in [2.75, 3.05) is 37.4 Å². The minimum Gasteiger partial charge on any atom is -0.383 e. The molecule has 2 aromatic carbocycles. The van der Waals surface area contributed by atoms with E-state index in [1.54, 1.807) is 55.6 Å². The molecule has 0 saturated heterocycles. The molecule has 142 valence electrons. The summed E-state index contributed by atoms with van der Waals surface area (Å²) >= 11 is 0. The summed E-state index contributed by atoms with van der Waals surface area (Å²) < 4.78 is 4.88. The van der Waals surface area contributed by atoms with Crippen molar-refractivity contribution in [3.05, 3.63) is 59.7 Å². The third-order valence-electron chi connectivity index (χ3n) is 3.63.